The van der Waals surface area contributed by atoms with Gasteiger partial charge in [0.1, 0.15) is 16.9 Å². The number of Topliss-reactive ketones (excluding diaryl/α,β-unsaturated/α-hetero) is 1. The normalized spacial score (nSPS) is 30.9. The molecule has 4 rings (SSSR count). The van der Waals surface area contributed by atoms with Crippen LogP contribution < -0.4 is 5.32 Å². The summed E-state index contributed by atoms with van der Waals surface area (Å²) >= 11 is 12.3. The number of ketones is 1. The predicted molar refractivity (Wildman–Crippen MR) is 96.1 cm³/mol. The smallest absolute Gasteiger partial charge is 0.375 e. The third-order valence-corrected chi connectivity index (χ3v) is 6.27. The fourth-order valence-electron chi connectivity index (χ4n) is 4.57. The van der Waals surface area contributed by atoms with Crippen molar-refractivity contribution in [3.05, 3.63) is 45.7 Å². The summed E-state index contributed by atoms with van der Waals surface area (Å²) in [5, 5.41) is 3.35. The maximum Gasteiger partial charge on any atom is 0.417 e. The van der Waals surface area contributed by atoms with E-state index in [1.54, 1.807) is 17.2 Å². The van der Waals surface area contributed by atoms with E-state index in [0.717, 1.165) is 18.9 Å². The maximum absolute atomic E-state index is 13.3. The molecule has 1 aliphatic carbocycles. The number of alkyl halides is 3. The number of carbonyl (C=O) groups excluding carboxylic acids is 1. The molecule has 1 aromatic rings. The van der Waals surface area contributed by atoms with Crippen LogP contribution in [0.4, 0.5) is 13.2 Å². The van der Waals surface area contributed by atoms with Crippen molar-refractivity contribution in [2.75, 3.05) is 13.6 Å². The Balaban J connectivity index is 1.83. The minimum Gasteiger partial charge on any atom is -0.375 e. The number of nitrogens with zero attached hydrogens (tertiary/aromatic N) is 2. The number of benzene rings is 1. The van der Waals surface area contributed by atoms with Gasteiger partial charge in [0.25, 0.3) is 0 Å². The average molecular weight is 420 g/mol. The highest BCUT2D eigenvalue weighted by molar-refractivity contribution is 6.31. The molecule has 1 spiro atoms. The molecule has 1 saturated heterocycles. The van der Waals surface area contributed by atoms with Crippen molar-refractivity contribution >= 4 is 29.0 Å². The Labute approximate surface area is 164 Å². The van der Waals surface area contributed by atoms with Crippen LogP contribution >= 0.6 is 23.2 Å². The summed E-state index contributed by atoms with van der Waals surface area (Å²) < 4.78 is 39.9. The van der Waals surface area contributed by atoms with E-state index in [9.17, 15) is 18.0 Å². The van der Waals surface area contributed by atoms with Gasteiger partial charge < -0.3 is 9.80 Å². The molecule has 0 bridgehead atoms. The molecule has 3 unspecified atom stereocenters. The van der Waals surface area contributed by atoms with E-state index in [1.165, 1.54) is 6.07 Å². The molecule has 4 nitrogen and oxygen atoms in total. The van der Waals surface area contributed by atoms with Crippen LogP contribution in [0.1, 0.15) is 36.6 Å². The van der Waals surface area contributed by atoms with Gasteiger partial charge in [0, 0.05) is 32.3 Å². The van der Waals surface area contributed by atoms with Gasteiger partial charge in [-0.1, -0.05) is 29.3 Å². The number of halogens is 5. The van der Waals surface area contributed by atoms with Crippen LogP contribution in [0, 0.1) is 0 Å². The molecule has 1 saturated carbocycles. The van der Waals surface area contributed by atoms with Gasteiger partial charge in [-0.2, -0.15) is 13.2 Å². The lowest BCUT2D eigenvalue weighted by Crippen LogP contribution is -2.65. The first-order chi connectivity index (χ1) is 12.6. The number of hydrogen-bond acceptors (Lipinski definition) is 4. The van der Waals surface area contributed by atoms with Crippen molar-refractivity contribution in [3.63, 3.8) is 0 Å². The Hall–Kier alpha value is -1.44. The van der Waals surface area contributed by atoms with E-state index in [1.807, 2.05) is 11.9 Å². The molecule has 0 aromatic heterocycles. The van der Waals surface area contributed by atoms with Crippen molar-refractivity contribution in [2.45, 2.75) is 43.2 Å². The monoisotopic (exact) mass is 419 g/mol. The van der Waals surface area contributed by atoms with Crippen LogP contribution in [0.2, 0.25) is 5.02 Å². The average Bonchev–Trinajstić information content (AvgIpc) is 2.91. The lowest BCUT2D eigenvalue weighted by Gasteiger charge is -2.49. The second-order valence-electron chi connectivity index (χ2n) is 7.34. The predicted octanol–water partition coefficient (Wildman–Crippen LogP) is 4.11. The van der Waals surface area contributed by atoms with E-state index in [4.69, 9.17) is 23.2 Å². The van der Waals surface area contributed by atoms with Crippen molar-refractivity contribution in [3.8, 4) is 0 Å². The molecule has 1 N–H and O–H groups in total. The number of rotatable bonds is 1. The standard InChI is InChI=1S/C18H18Cl2F3N3O/c1-25-8-15(20)26-16(10-5-6-12(19)11(7-10)18(21,22)23)24-13-3-2-4-14(27)17(13,26)9-25/h5-8,13,16,24H,2-4,9H2,1H3. The van der Waals surface area contributed by atoms with Crippen molar-refractivity contribution in [1.82, 2.24) is 15.1 Å². The first-order valence-electron chi connectivity index (χ1n) is 8.67. The van der Waals surface area contributed by atoms with Gasteiger partial charge in [0.2, 0.25) is 0 Å². The van der Waals surface area contributed by atoms with Gasteiger partial charge in [-0.05, 0) is 30.5 Å². The first-order valence-corrected chi connectivity index (χ1v) is 9.43. The first kappa shape index (κ1) is 18.9. The summed E-state index contributed by atoms with van der Waals surface area (Å²) in [5.74, 6) is 0.0665. The van der Waals surface area contributed by atoms with E-state index in [0.29, 0.717) is 23.7 Å². The summed E-state index contributed by atoms with van der Waals surface area (Å²) in [4.78, 5) is 16.6. The number of carbonyl (C=O) groups is 1. The van der Waals surface area contributed by atoms with Crippen LogP contribution in [-0.4, -0.2) is 40.8 Å². The zero-order valence-electron chi connectivity index (χ0n) is 14.5. The fourth-order valence-corrected chi connectivity index (χ4v) is 5.21. The summed E-state index contributed by atoms with van der Waals surface area (Å²) in [6.45, 7) is 0.440. The van der Waals surface area contributed by atoms with Gasteiger partial charge in [-0.3, -0.25) is 10.1 Å². The summed E-state index contributed by atoms with van der Waals surface area (Å²) in [6, 6.07) is 3.65. The third-order valence-electron chi connectivity index (χ3n) is 5.66. The van der Waals surface area contributed by atoms with Crippen LogP contribution in [-0.2, 0) is 11.0 Å². The largest absolute Gasteiger partial charge is 0.417 e. The molecule has 146 valence electrons. The van der Waals surface area contributed by atoms with Gasteiger partial charge >= 0.3 is 6.18 Å². The van der Waals surface area contributed by atoms with Crippen LogP contribution in [0.25, 0.3) is 0 Å². The lowest BCUT2D eigenvalue weighted by atomic mass is 9.75. The molecule has 2 heterocycles. The van der Waals surface area contributed by atoms with Gasteiger partial charge in [-0.25, -0.2) is 0 Å². The van der Waals surface area contributed by atoms with E-state index < -0.39 is 23.4 Å². The number of nitrogens with one attached hydrogen (secondary N) is 1. The molecular weight excluding hydrogens is 402 g/mol. The summed E-state index contributed by atoms with van der Waals surface area (Å²) in [5.41, 5.74) is -1.39. The highest BCUT2D eigenvalue weighted by atomic mass is 35.5. The zero-order valence-corrected chi connectivity index (χ0v) is 16.0. The van der Waals surface area contributed by atoms with Crippen molar-refractivity contribution in [2.24, 2.45) is 0 Å². The topological polar surface area (TPSA) is 35.6 Å². The second-order valence-corrected chi connectivity index (χ2v) is 8.13. The van der Waals surface area contributed by atoms with Crippen LogP contribution in [0.15, 0.2) is 29.6 Å². The molecule has 0 amide bonds. The molecule has 27 heavy (non-hydrogen) atoms. The Morgan fingerprint density at radius 3 is 2.74 bits per heavy atom. The Morgan fingerprint density at radius 1 is 1.30 bits per heavy atom. The van der Waals surface area contributed by atoms with E-state index >= 15 is 0 Å². The molecule has 3 aliphatic rings. The quantitative estimate of drug-likeness (QED) is 0.694. The Kier molecular flexibility index (Phi) is 4.40. The lowest BCUT2D eigenvalue weighted by molar-refractivity contribution is -0.137. The molecule has 2 fully saturated rings. The fraction of sp³-hybridized carbons (Fsp3) is 0.500. The van der Waals surface area contributed by atoms with Crippen molar-refractivity contribution < 1.29 is 18.0 Å². The van der Waals surface area contributed by atoms with Gasteiger partial charge in [0.15, 0.2) is 5.78 Å². The van der Waals surface area contributed by atoms with Gasteiger partial charge in [-0.15, -0.1) is 0 Å². The maximum atomic E-state index is 13.3. The van der Waals surface area contributed by atoms with E-state index in [2.05, 4.69) is 5.32 Å². The second kappa shape index (κ2) is 6.29. The molecule has 2 aliphatic heterocycles. The van der Waals surface area contributed by atoms with Gasteiger partial charge in [0.05, 0.1) is 10.6 Å². The highest BCUT2D eigenvalue weighted by Crippen LogP contribution is 2.49. The number of hydrogen-bond donors (Lipinski definition) is 1. The number of likely N-dealkylation sites (N-methyl/N-ethyl adjacent to an activating group) is 1. The highest BCUT2D eigenvalue weighted by Gasteiger charge is 2.61. The molecule has 3 atom stereocenters. The minimum absolute atomic E-state index is 0.0665. The van der Waals surface area contributed by atoms with E-state index in [-0.39, 0.29) is 16.8 Å². The summed E-state index contributed by atoms with van der Waals surface area (Å²) in [6.07, 6.45) is -1.55. The Bertz CT molecular complexity index is 829. The summed E-state index contributed by atoms with van der Waals surface area (Å²) in [7, 11) is 1.84. The van der Waals surface area contributed by atoms with Crippen LogP contribution in [0.3, 0.4) is 0 Å². The van der Waals surface area contributed by atoms with Crippen molar-refractivity contribution in [1.29, 1.82) is 0 Å². The molecule has 1 aromatic carbocycles. The third kappa shape index (κ3) is 2.82. The molecular formula is C18H18Cl2F3N3O. The van der Waals surface area contributed by atoms with Crippen LogP contribution in [0.5, 0.6) is 0 Å². The SMILES string of the molecule is CN1C=C(Cl)N2C(c3ccc(Cl)c(C(F)(F)F)c3)NC3CCCC(=O)C32C1. The Morgan fingerprint density at radius 2 is 2.04 bits per heavy atom. The molecule has 0 radical (unpaired) electrons. The minimum atomic E-state index is -4.56. The zero-order chi connectivity index (χ0) is 19.6. The molecule has 9 heteroatoms.